The van der Waals surface area contributed by atoms with Crippen LogP contribution in [-0.2, 0) is 6.54 Å². The van der Waals surface area contributed by atoms with Crippen LogP contribution in [-0.4, -0.2) is 6.61 Å². The maximum absolute atomic E-state index is 5.59. The Morgan fingerprint density at radius 2 is 2.11 bits per heavy atom. The fourth-order valence-electron chi connectivity index (χ4n) is 1.69. The van der Waals surface area contributed by atoms with Gasteiger partial charge in [-0.1, -0.05) is 13.0 Å². The van der Waals surface area contributed by atoms with Crippen molar-refractivity contribution in [2.75, 3.05) is 11.9 Å². The Morgan fingerprint density at radius 3 is 2.83 bits per heavy atom. The van der Waals surface area contributed by atoms with Crippen molar-refractivity contribution >= 4 is 5.69 Å². The number of hydrogen-bond acceptors (Lipinski definition) is 3. The van der Waals surface area contributed by atoms with E-state index >= 15 is 0 Å². The summed E-state index contributed by atoms with van der Waals surface area (Å²) in [5, 5.41) is 3.32. The van der Waals surface area contributed by atoms with Crippen LogP contribution < -0.4 is 10.1 Å². The molecule has 1 heterocycles. The quantitative estimate of drug-likeness (QED) is 0.835. The zero-order valence-corrected chi connectivity index (χ0v) is 10.9. The van der Waals surface area contributed by atoms with Crippen molar-refractivity contribution in [2.45, 2.75) is 26.8 Å². The van der Waals surface area contributed by atoms with Crippen molar-refractivity contribution in [3.8, 4) is 5.75 Å². The molecular weight excluding hydrogens is 226 g/mol. The van der Waals surface area contributed by atoms with E-state index in [0.717, 1.165) is 36.0 Å². The van der Waals surface area contributed by atoms with Crippen LogP contribution in [0.2, 0.25) is 0 Å². The average molecular weight is 245 g/mol. The molecule has 0 amide bonds. The standard InChI is InChI=1S/C15H19NO2/c1-3-9-17-14-6-4-5-13(10-14)16-11-15-8-7-12(2)18-15/h4-8,10,16H,3,9,11H2,1-2H3. The summed E-state index contributed by atoms with van der Waals surface area (Å²) < 4.78 is 11.1. The molecule has 0 radical (unpaired) electrons. The highest BCUT2D eigenvalue weighted by molar-refractivity contribution is 5.48. The number of anilines is 1. The Kier molecular flexibility index (Phi) is 4.29. The summed E-state index contributed by atoms with van der Waals surface area (Å²) in [5.41, 5.74) is 1.04. The third-order valence-electron chi connectivity index (χ3n) is 2.57. The molecule has 96 valence electrons. The lowest BCUT2D eigenvalue weighted by atomic mass is 10.3. The van der Waals surface area contributed by atoms with Crippen LogP contribution in [0.1, 0.15) is 24.9 Å². The second-order valence-corrected chi connectivity index (χ2v) is 4.24. The molecule has 1 aromatic carbocycles. The topological polar surface area (TPSA) is 34.4 Å². The fourth-order valence-corrected chi connectivity index (χ4v) is 1.69. The molecule has 0 saturated heterocycles. The first-order valence-electron chi connectivity index (χ1n) is 6.30. The molecule has 0 bridgehead atoms. The van der Waals surface area contributed by atoms with Crippen LogP contribution in [0.3, 0.4) is 0 Å². The predicted molar refractivity (Wildman–Crippen MR) is 73.0 cm³/mol. The molecule has 3 heteroatoms. The zero-order chi connectivity index (χ0) is 12.8. The van der Waals surface area contributed by atoms with E-state index in [9.17, 15) is 0 Å². The minimum absolute atomic E-state index is 0.686. The summed E-state index contributed by atoms with van der Waals surface area (Å²) in [7, 11) is 0. The average Bonchev–Trinajstić information content (AvgIpc) is 2.80. The van der Waals surface area contributed by atoms with Gasteiger partial charge in [-0.05, 0) is 37.6 Å². The first-order valence-corrected chi connectivity index (χ1v) is 6.30. The highest BCUT2D eigenvalue weighted by Crippen LogP contribution is 2.18. The van der Waals surface area contributed by atoms with Gasteiger partial charge in [0.25, 0.3) is 0 Å². The van der Waals surface area contributed by atoms with Gasteiger partial charge in [0, 0.05) is 11.8 Å². The summed E-state index contributed by atoms with van der Waals surface area (Å²) in [6.07, 6.45) is 1.02. The first-order chi connectivity index (χ1) is 8.78. The van der Waals surface area contributed by atoms with E-state index in [2.05, 4.69) is 12.2 Å². The Morgan fingerprint density at radius 1 is 1.22 bits per heavy atom. The van der Waals surface area contributed by atoms with Crippen LogP contribution in [0.15, 0.2) is 40.8 Å². The summed E-state index contributed by atoms with van der Waals surface area (Å²) in [5.74, 6) is 2.77. The molecule has 0 aliphatic heterocycles. The number of ether oxygens (including phenoxy) is 1. The van der Waals surface area contributed by atoms with Crippen molar-refractivity contribution in [3.63, 3.8) is 0 Å². The lowest BCUT2D eigenvalue weighted by molar-refractivity contribution is 0.317. The Bertz CT molecular complexity index is 491. The summed E-state index contributed by atoms with van der Waals surface area (Å²) >= 11 is 0. The zero-order valence-electron chi connectivity index (χ0n) is 10.9. The van der Waals surface area contributed by atoms with E-state index in [1.54, 1.807) is 0 Å². The van der Waals surface area contributed by atoms with Crippen LogP contribution in [0.25, 0.3) is 0 Å². The lowest BCUT2D eigenvalue weighted by Gasteiger charge is -2.08. The summed E-state index contributed by atoms with van der Waals surface area (Å²) in [4.78, 5) is 0. The highest BCUT2D eigenvalue weighted by Gasteiger charge is 2.00. The molecule has 0 unspecified atom stereocenters. The van der Waals surface area contributed by atoms with Gasteiger partial charge in [-0.25, -0.2) is 0 Å². The number of rotatable bonds is 6. The van der Waals surface area contributed by atoms with Gasteiger partial charge >= 0.3 is 0 Å². The Labute approximate surface area is 108 Å². The molecule has 0 fully saturated rings. The van der Waals surface area contributed by atoms with E-state index in [-0.39, 0.29) is 0 Å². The molecule has 18 heavy (non-hydrogen) atoms. The van der Waals surface area contributed by atoms with Crippen molar-refractivity contribution in [1.82, 2.24) is 0 Å². The first kappa shape index (κ1) is 12.6. The van der Waals surface area contributed by atoms with Crippen LogP contribution >= 0.6 is 0 Å². The maximum Gasteiger partial charge on any atom is 0.123 e. The second kappa shape index (κ2) is 6.15. The minimum Gasteiger partial charge on any atom is -0.494 e. The summed E-state index contributed by atoms with van der Waals surface area (Å²) in [6, 6.07) is 11.9. The third-order valence-corrected chi connectivity index (χ3v) is 2.57. The second-order valence-electron chi connectivity index (χ2n) is 4.24. The molecular formula is C15H19NO2. The number of nitrogens with one attached hydrogen (secondary N) is 1. The van der Waals surface area contributed by atoms with Gasteiger partial charge in [0.05, 0.1) is 13.2 Å². The molecule has 3 nitrogen and oxygen atoms in total. The van der Waals surface area contributed by atoms with Gasteiger partial charge in [-0.15, -0.1) is 0 Å². The van der Waals surface area contributed by atoms with Gasteiger partial charge in [-0.2, -0.15) is 0 Å². The van der Waals surface area contributed by atoms with Gasteiger partial charge in [-0.3, -0.25) is 0 Å². The van der Waals surface area contributed by atoms with Crippen molar-refractivity contribution in [2.24, 2.45) is 0 Å². The molecule has 0 aliphatic rings. The monoisotopic (exact) mass is 245 g/mol. The normalized spacial score (nSPS) is 10.3. The molecule has 1 aromatic heterocycles. The number of aryl methyl sites for hydroxylation is 1. The van der Waals surface area contributed by atoms with Crippen molar-refractivity contribution < 1.29 is 9.15 Å². The molecule has 2 rings (SSSR count). The van der Waals surface area contributed by atoms with Crippen molar-refractivity contribution in [3.05, 3.63) is 47.9 Å². The predicted octanol–water partition coefficient (Wildman–Crippen LogP) is 3.99. The smallest absolute Gasteiger partial charge is 0.123 e. The molecule has 1 N–H and O–H groups in total. The largest absolute Gasteiger partial charge is 0.494 e. The van der Waals surface area contributed by atoms with Gasteiger partial charge in [0.15, 0.2) is 0 Å². The van der Waals surface area contributed by atoms with E-state index < -0.39 is 0 Å². The Hall–Kier alpha value is -1.90. The molecule has 0 saturated carbocycles. The number of benzene rings is 1. The van der Waals surface area contributed by atoms with E-state index in [4.69, 9.17) is 9.15 Å². The molecule has 0 atom stereocenters. The SMILES string of the molecule is CCCOc1cccc(NCc2ccc(C)o2)c1. The minimum atomic E-state index is 0.686. The Balaban J connectivity index is 1.92. The number of furan rings is 1. The van der Waals surface area contributed by atoms with Crippen LogP contribution in [0.5, 0.6) is 5.75 Å². The van der Waals surface area contributed by atoms with Crippen LogP contribution in [0.4, 0.5) is 5.69 Å². The lowest BCUT2D eigenvalue weighted by Crippen LogP contribution is -1.99. The van der Waals surface area contributed by atoms with E-state index in [0.29, 0.717) is 6.54 Å². The molecule has 0 aliphatic carbocycles. The molecule has 2 aromatic rings. The molecule has 0 spiro atoms. The maximum atomic E-state index is 5.59. The van der Waals surface area contributed by atoms with Crippen LogP contribution in [0, 0.1) is 6.92 Å². The highest BCUT2D eigenvalue weighted by atomic mass is 16.5. The van der Waals surface area contributed by atoms with Gasteiger partial charge < -0.3 is 14.5 Å². The fraction of sp³-hybridized carbons (Fsp3) is 0.333. The van der Waals surface area contributed by atoms with Crippen molar-refractivity contribution in [1.29, 1.82) is 0 Å². The summed E-state index contributed by atoms with van der Waals surface area (Å²) in [6.45, 7) is 5.48. The van der Waals surface area contributed by atoms with E-state index in [1.165, 1.54) is 0 Å². The van der Waals surface area contributed by atoms with E-state index in [1.807, 2.05) is 43.3 Å². The third kappa shape index (κ3) is 3.55. The van der Waals surface area contributed by atoms with Gasteiger partial charge in [0.1, 0.15) is 17.3 Å². The number of hydrogen-bond donors (Lipinski definition) is 1. The van der Waals surface area contributed by atoms with Gasteiger partial charge in [0.2, 0.25) is 0 Å².